The van der Waals surface area contributed by atoms with E-state index < -0.39 is 5.41 Å². The summed E-state index contributed by atoms with van der Waals surface area (Å²) in [4.78, 5) is 2.45. The van der Waals surface area contributed by atoms with Gasteiger partial charge in [-0.3, -0.25) is 0 Å². The fourth-order valence-corrected chi connectivity index (χ4v) is 12.3. The predicted octanol–water partition coefficient (Wildman–Crippen LogP) is 17.8. The molecule has 326 valence electrons. The SMILES string of the molecule is c1ccc(-c2ccc(N(c3ccc4c(c3)-c3ccccc3-c3ccccc3C43c4ccccc4-c4c3ccc3c4oc4ccccc43)c3ccc4c(c3)c3ccccc3n4-c3ccccc3)cc2)cc1. The highest BCUT2D eigenvalue weighted by atomic mass is 16.3. The van der Waals surface area contributed by atoms with E-state index in [1.165, 1.54) is 88.6 Å². The van der Waals surface area contributed by atoms with Crippen molar-refractivity contribution in [2.45, 2.75) is 5.41 Å². The Balaban J connectivity index is 1.01. The third kappa shape index (κ3) is 5.40. The average molecular weight is 891 g/mol. The molecule has 0 fully saturated rings. The van der Waals surface area contributed by atoms with Crippen molar-refractivity contribution in [1.82, 2.24) is 4.57 Å². The van der Waals surface area contributed by atoms with Gasteiger partial charge in [0.25, 0.3) is 0 Å². The molecule has 2 aliphatic rings. The van der Waals surface area contributed by atoms with E-state index in [-0.39, 0.29) is 0 Å². The molecule has 11 aromatic carbocycles. The molecule has 0 saturated carbocycles. The average Bonchev–Trinajstić information content (AvgIpc) is 4.06. The molecule has 1 unspecified atom stereocenters. The van der Waals surface area contributed by atoms with Gasteiger partial charge >= 0.3 is 0 Å². The van der Waals surface area contributed by atoms with Gasteiger partial charge in [0, 0.05) is 49.9 Å². The highest BCUT2D eigenvalue weighted by Gasteiger charge is 2.51. The van der Waals surface area contributed by atoms with Gasteiger partial charge in [-0.2, -0.15) is 0 Å². The predicted molar refractivity (Wildman–Crippen MR) is 290 cm³/mol. The highest BCUT2D eigenvalue weighted by molar-refractivity contribution is 6.14. The number of rotatable bonds is 5. The van der Waals surface area contributed by atoms with Crippen molar-refractivity contribution in [2.24, 2.45) is 0 Å². The van der Waals surface area contributed by atoms with Gasteiger partial charge < -0.3 is 13.9 Å². The van der Waals surface area contributed by atoms with Crippen LogP contribution in [-0.2, 0) is 5.41 Å². The molecule has 1 atom stereocenters. The van der Waals surface area contributed by atoms with Gasteiger partial charge in [0.1, 0.15) is 11.2 Å². The second-order valence-electron chi connectivity index (χ2n) is 18.7. The van der Waals surface area contributed by atoms with Gasteiger partial charge in [0.2, 0.25) is 0 Å². The molecular weight excluding hydrogens is 849 g/mol. The number of aromatic nitrogens is 1. The van der Waals surface area contributed by atoms with Crippen molar-refractivity contribution >= 4 is 60.8 Å². The first-order chi connectivity index (χ1) is 34.7. The minimum absolute atomic E-state index is 0.664. The Morgan fingerprint density at radius 2 is 0.871 bits per heavy atom. The van der Waals surface area contributed by atoms with Crippen molar-refractivity contribution in [3.63, 3.8) is 0 Å². The summed E-state index contributed by atoms with van der Waals surface area (Å²) in [6, 6.07) is 93.8. The number of furan rings is 1. The standard InChI is InChI=1S/C67H42N2O/c1-3-17-43(18-4-1)44-31-33-46(34-32-44)68(48-36-40-63-57(42-48)52-24-11-15-29-62(52)69(63)45-19-5-2-6-20-45)47-35-38-60-56(41-47)50-22-8-7-21-49(50)51-23-9-13-27-58(51)67(60)59-28-14-10-26-55(59)65-61(67)39-37-54-53-25-12-16-30-64(53)70-66(54)65/h1-42H. The first-order valence-corrected chi connectivity index (χ1v) is 24.2. The molecular formula is C67H42N2O. The van der Waals surface area contributed by atoms with Crippen LogP contribution in [0.2, 0.25) is 0 Å². The van der Waals surface area contributed by atoms with Crippen molar-refractivity contribution in [2.75, 3.05) is 4.90 Å². The Hall–Kier alpha value is -9.18. The molecule has 0 saturated heterocycles. The Bertz CT molecular complexity index is 4240. The first kappa shape index (κ1) is 38.9. The molecule has 0 bridgehead atoms. The molecule has 0 amide bonds. The smallest absolute Gasteiger partial charge is 0.143 e. The van der Waals surface area contributed by atoms with Crippen molar-refractivity contribution in [1.29, 1.82) is 0 Å². The van der Waals surface area contributed by atoms with E-state index in [0.29, 0.717) is 0 Å². The molecule has 1 spiro atoms. The largest absolute Gasteiger partial charge is 0.455 e. The molecule has 3 nitrogen and oxygen atoms in total. The first-order valence-electron chi connectivity index (χ1n) is 24.2. The van der Waals surface area contributed by atoms with Gasteiger partial charge in [0.15, 0.2) is 0 Å². The summed E-state index contributed by atoms with van der Waals surface area (Å²) in [5, 5.41) is 4.70. The van der Waals surface area contributed by atoms with Gasteiger partial charge in [-0.15, -0.1) is 0 Å². The molecule has 15 rings (SSSR count). The van der Waals surface area contributed by atoms with Crippen LogP contribution in [0.5, 0.6) is 0 Å². The zero-order chi connectivity index (χ0) is 45.9. The molecule has 2 heterocycles. The minimum Gasteiger partial charge on any atom is -0.455 e. The fraction of sp³-hybridized carbons (Fsp3) is 0.0149. The topological polar surface area (TPSA) is 21.3 Å². The zero-order valence-electron chi connectivity index (χ0n) is 38.1. The Labute approximate surface area is 405 Å². The van der Waals surface area contributed by atoms with Crippen molar-refractivity contribution in [3.05, 3.63) is 277 Å². The van der Waals surface area contributed by atoms with E-state index in [4.69, 9.17) is 4.42 Å². The number of nitrogens with zero attached hydrogens (tertiary/aromatic N) is 2. The van der Waals surface area contributed by atoms with Crippen LogP contribution in [0.15, 0.2) is 259 Å². The second-order valence-corrected chi connectivity index (χ2v) is 18.7. The van der Waals surface area contributed by atoms with Gasteiger partial charge in [0.05, 0.1) is 16.4 Å². The van der Waals surface area contributed by atoms with Crippen LogP contribution in [0.4, 0.5) is 17.1 Å². The Morgan fingerprint density at radius 3 is 1.67 bits per heavy atom. The summed E-state index contributed by atoms with van der Waals surface area (Å²) in [6.07, 6.45) is 0. The molecule has 13 aromatic rings. The number of benzene rings is 11. The van der Waals surface area contributed by atoms with Crippen LogP contribution < -0.4 is 4.90 Å². The molecule has 0 N–H and O–H groups in total. The molecule has 70 heavy (non-hydrogen) atoms. The zero-order valence-corrected chi connectivity index (χ0v) is 38.1. The molecule has 3 heteroatoms. The quantitative estimate of drug-likeness (QED) is 0.172. The number of hydrogen-bond acceptors (Lipinski definition) is 2. The molecule has 2 aliphatic carbocycles. The van der Waals surface area contributed by atoms with E-state index in [9.17, 15) is 0 Å². The Morgan fingerprint density at radius 1 is 0.329 bits per heavy atom. The minimum atomic E-state index is -0.664. The number of hydrogen-bond donors (Lipinski definition) is 0. The highest BCUT2D eigenvalue weighted by Crippen LogP contribution is 2.63. The second kappa shape index (κ2) is 14.9. The van der Waals surface area contributed by atoms with Crippen LogP contribution in [0.3, 0.4) is 0 Å². The van der Waals surface area contributed by atoms with E-state index in [2.05, 4.69) is 264 Å². The third-order valence-corrected chi connectivity index (χ3v) is 15.2. The summed E-state index contributed by atoms with van der Waals surface area (Å²) in [7, 11) is 0. The lowest BCUT2D eigenvalue weighted by Gasteiger charge is -2.36. The van der Waals surface area contributed by atoms with Crippen LogP contribution in [0, 0.1) is 0 Å². The van der Waals surface area contributed by atoms with Crippen LogP contribution in [0.1, 0.15) is 22.3 Å². The van der Waals surface area contributed by atoms with Gasteiger partial charge in [-0.05, 0) is 128 Å². The van der Waals surface area contributed by atoms with E-state index >= 15 is 0 Å². The maximum atomic E-state index is 6.92. The lowest BCUT2D eigenvalue weighted by molar-refractivity contribution is 0.669. The lowest BCUT2D eigenvalue weighted by Crippen LogP contribution is -2.29. The maximum Gasteiger partial charge on any atom is 0.143 e. The summed E-state index contributed by atoms with van der Waals surface area (Å²) >= 11 is 0. The lowest BCUT2D eigenvalue weighted by atomic mass is 9.66. The monoisotopic (exact) mass is 890 g/mol. The maximum absolute atomic E-state index is 6.92. The number of fused-ring (bicyclic) bond motifs is 19. The van der Waals surface area contributed by atoms with Crippen molar-refractivity contribution in [3.8, 4) is 50.2 Å². The van der Waals surface area contributed by atoms with Crippen LogP contribution >= 0.6 is 0 Å². The number of para-hydroxylation sites is 3. The van der Waals surface area contributed by atoms with Gasteiger partial charge in [-0.1, -0.05) is 188 Å². The van der Waals surface area contributed by atoms with E-state index in [1.807, 2.05) is 0 Å². The summed E-state index contributed by atoms with van der Waals surface area (Å²) in [5.41, 5.74) is 22.5. The number of anilines is 3. The summed E-state index contributed by atoms with van der Waals surface area (Å²) in [6.45, 7) is 0. The van der Waals surface area contributed by atoms with Crippen LogP contribution in [0.25, 0.3) is 93.9 Å². The van der Waals surface area contributed by atoms with E-state index in [1.54, 1.807) is 0 Å². The fourth-order valence-electron chi connectivity index (χ4n) is 12.3. The third-order valence-electron chi connectivity index (χ3n) is 15.2. The molecule has 2 aromatic heterocycles. The van der Waals surface area contributed by atoms with E-state index in [0.717, 1.165) is 44.7 Å². The summed E-state index contributed by atoms with van der Waals surface area (Å²) in [5.74, 6) is 0. The molecule has 0 aliphatic heterocycles. The normalized spacial score (nSPS) is 14.3. The van der Waals surface area contributed by atoms with Crippen molar-refractivity contribution < 1.29 is 4.42 Å². The summed E-state index contributed by atoms with van der Waals surface area (Å²) < 4.78 is 9.31. The molecule has 0 radical (unpaired) electrons. The van der Waals surface area contributed by atoms with Gasteiger partial charge in [-0.25, -0.2) is 0 Å². The van der Waals surface area contributed by atoms with Crippen LogP contribution in [-0.4, -0.2) is 4.57 Å². The Kier molecular flexibility index (Phi) is 8.28.